The molecule has 1 fully saturated rings. The number of H-pyrrole nitrogens is 1. The van der Waals surface area contributed by atoms with Gasteiger partial charge < -0.3 is 15.1 Å². The number of carbonyl (C=O) groups excluding carboxylic acids is 1. The normalized spacial score (nSPS) is 23.8. The van der Waals surface area contributed by atoms with Gasteiger partial charge in [-0.2, -0.15) is 5.10 Å². The third-order valence-corrected chi connectivity index (χ3v) is 5.13. The van der Waals surface area contributed by atoms with Gasteiger partial charge in [-0.25, -0.2) is 0 Å². The maximum Gasteiger partial charge on any atom is 0.314 e. The second kappa shape index (κ2) is 6.84. The van der Waals surface area contributed by atoms with Crippen molar-refractivity contribution in [3.8, 4) is 0 Å². The molecule has 25 heavy (non-hydrogen) atoms. The first-order valence-corrected chi connectivity index (χ1v) is 8.59. The number of hydrogen-bond donors (Lipinski definition) is 3. The van der Waals surface area contributed by atoms with E-state index >= 15 is 0 Å². The molecule has 1 aromatic carbocycles. The molecule has 134 valence electrons. The summed E-state index contributed by atoms with van der Waals surface area (Å²) >= 11 is 0. The number of aliphatic carboxylic acids is 1. The standard InChI is InChI=1S/C18H23N3O4/c1-2-8-18(17(24)25)11-21(9-7-15(18)22)16(23)10-14-12-5-3-4-6-13(12)19-20-14/h3-6,15,22H,2,7-11H2,1H3,(H,19,20)(H,24,25)/t15-,18-/m1/s1. The summed E-state index contributed by atoms with van der Waals surface area (Å²) in [5.74, 6) is -1.19. The van der Waals surface area contributed by atoms with E-state index in [1.807, 2.05) is 31.2 Å². The van der Waals surface area contributed by atoms with Gasteiger partial charge in [-0.15, -0.1) is 0 Å². The zero-order valence-corrected chi connectivity index (χ0v) is 14.2. The Hall–Kier alpha value is -2.41. The van der Waals surface area contributed by atoms with Crippen LogP contribution in [-0.4, -0.2) is 56.4 Å². The average molecular weight is 345 g/mol. The molecule has 7 heteroatoms. The molecule has 0 saturated carbocycles. The van der Waals surface area contributed by atoms with Gasteiger partial charge in [0.15, 0.2) is 0 Å². The van der Waals surface area contributed by atoms with Gasteiger partial charge in [0.1, 0.15) is 5.41 Å². The molecule has 1 aliphatic heterocycles. The first kappa shape index (κ1) is 17.4. The zero-order chi connectivity index (χ0) is 18.0. The smallest absolute Gasteiger partial charge is 0.314 e. The molecule has 0 radical (unpaired) electrons. The highest BCUT2D eigenvalue weighted by Crippen LogP contribution is 2.35. The number of aromatic amines is 1. The van der Waals surface area contributed by atoms with Crippen molar-refractivity contribution in [2.75, 3.05) is 13.1 Å². The second-order valence-electron chi connectivity index (χ2n) is 6.73. The number of para-hydroxylation sites is 1. The first-order chi connectivity index (χ1) is 12.0. The Morgan fingerprint density at radius 3 is 2.88 bits per heavy atom. The fourth-order valence-corrected chi connectivity index (χ4v) is 3.71. The Morgan fingerprint density at radius 2 is 2.16 bits per heavy atom. The van der Waals surface area contributed by atoms with E-state index in [9.17, 15) is 19.8 Å². The SMILES string of the molecule is CCC[C@@]1(C(=O)O)CN(C(=O)Cc2[nH]nc3ccccc23)CC[C@H]1O. The molecule has 1 saturated heterocycles. The molecule has 1 aromatic heterocycles. The van der Waals surface area contributed by atoms with Crippen molar-refractivity contribution in [3.05, 3.63) is 30.0 Å². The highest BCUT2D eigenvalue weighted by atomic mass is 16.4. The van der Waals surface area contributed by atoms with Gasteiger partial charge in [0.2, 0.25) is 5.91 Å². The van der Waals surface area contributed by atoms with Crippen LogP contribution in [0.5, 0.6) is 0 Å². The summed E-state index contributed by atoms with van der Waals surface area (Å²) in [6.45, 7) is 2.29. The molecule has 2 atom stereocenters. The van der Waals surface area contributed by atoms with Crippen molar-refractivity contribution in [3.63, 3.8) is 0 Å². The van der Waals surface area contributed by atoms with Gasteiger partial charge in [-0.3, -0.25) is 14.7 Å². The number of fused-ring (bicyclic) bond motifs is 1. The third kappa shape index (κ3) is 3.11. The summed E-state index contributed by atoms with van der Waals surface area (Å²) < 4.78 is 0. The minimum Gasteiger partial charge on any atom is -0.481 e. The van der Waals surface area contributed by atoms with Gasteiger partial charge in [0.25, 0.3) is 0 Å². The maximum atomic E-state index is 12.7. The summed E-state index contributed by atoms with van der Waals surface area (Å²) in [6.07, 6.45) is 0.471. The van der Waals surface area contributed by atoms with Gasteiger partial charge in [0, 0.05) is 18.5 Å². The predicted molar refractivity (Wildman–Crippen MR) is 92.0 cm³/mol. The molecular formula is C18H23N3O4. The number of aromatic nitrogens is 2. The quantitative estimate of drug-likeness (QED) is 0.762. The van der Waals surface area contributed by atoms with Crippen molar-refractivity contribution < 1.29 is 19.8 Å². The number of likely N-dealkylation sites (tertiary alicyclic amines) is 1. The number of benzene rings is 1. The number of amides is 1. The van der Waals surface area contributed by atoms with E-state index in [1.54, 1.807) is 4.90 Å². The summed E-state index contributed by atoms with van der Waals surface area (Å²) in [7, 11) is 0. The van der Waals surface area contributed by atoms with E-state index in [4.69, 9.17) is 0 Å². The van der Waals surface area contributed by atoms with Crippen molar-refractivity contribution >= 4 is 22.8 Å². The number of nitrogens with zero attached hydrogens (tertiary/aromatic N) is 2. The lowest BCUT2D eigenvalue weighted by Crippen LogP contribution is -2.57. The van der Waals surface area contributed by atoms with E-state index in [1.165, 1.54) is 0 Å². The highest BCUT2D eigenvalue weighted by Gasteiger charge is 2.49. The van der Waals surface area contributed by atoms with Gasteiger partial charge in [-0.05, 0) is 18.9 Å². The fraction of sp³-hybridized carbons (Fsp3) is 0.500. The van der Waals surface area contributed by atoms with Gasteiger partial charge >= 0.3 is 5.97 Å². The molecule has 0 aliphatic carbocycles. The number of hydrogen-bond acceptors (Lipinski definition) is 4. The number of aliphatic hydroxyl groups excluding tert-OH is 1. The molecule has 1 amide bonds. The van der Waals surface area contributed by atoms with Crippen LogP contribution in [0.25, 0.3) is 10.9 Å². The Balaban J connectivity index is 1.79. The first-order valence-electron chi connectivity index (χ1n) is 8.59. The molecule has 3 N–H and O–H groups in total. The Bertz CT molecular complexity index is 787. The molecule has 0 bridgehead atoms. The molecule has 0 spiro atoms. The van der Waals surface area contributed by atoms with Crippen LogP contribution in [0.2, 0.25) is 0 Å². The van der Waals surface area contributed by atoms with E-state index in [0.29, 0.717) is 19.4 Å². The van der Waals surface area contributed by atoms with Crippen molar-refractivity contribution in [2.45, 2.75) is 38.7 Å². The summed E-state index contributed by atoms with van der Waals surface area (Å²) in [6, 6.07) is 7.54. The molecule has 1 aliphatic rings. The minimum atomic E-state index is -1.28. The zero-order valence-electron chi connectivity index (χ0n) is 14.2. The molecule has 3 rings (SSSR count). The fourth-order valence-electron chi connectivity index (χ4n) is 3.71. The van der Waals surface area contributed by atoms with Crippen LogP contribution in [0.1, 0.15) is 31.9 Å². The Morgan fingerprint density at radius 1 is 1.40 bits per heavy atom. The summed E-state index contributed by atoms with van der Waals surface area (Å²) in [4.78, 5) is 26.1. The maximum absolute atomic E-state index is 12.7. The molecular weight excluding hydrogens is 322 g/mol. The van der Waals surface area contributed by atoms with E-state index in [2.05, 4.69) is 10.2 Å². The van der Waals surface area contributed by atoms with Crippen molar-refractivity contribution in [2.24, 2.45) is 5.41 Å². The number of nitrogens with one attached hydrogen (secondary N) is 1. The molecule has 2 aromatic rings. The van der Waals surface area contributed by atoms with Crippen molar-refractivity contribution in [1.82, 2.24) is 15.1 Å². The Kier molecular flexibility index (Phi) is 4.76. The second-order valence-corrected chi connectivity index (χ2v) is 6.73. The van der Waals surface area contributed by atoms with Crippen LogP contribution in [0.15, 0.2) is 24.3 Å². The van der Waals surface area contributed by atoms with Crippen LogP contribution < -0.4 is 0 Å². The van der Waals surface area contributed by atoms with E-state index in [-0.39, 0.29) is 25.3 Å². The largest absolute Gasteiger partial charge is 0.481 e. The van der Waals surface area contributed by atoms with Crippen LogP contribution in [0, 0.1) is 5.41 Å². The van der Waals surface area contributed by atoms with E-state index < -0.39 is 17.5 Å². The highest BCUT2D eigenvalue weighted by molar-refractivity contribution is 5.88. The third-order valence-electron chi connectivity index (χ3n) is 5.13. The van der Waals surface area contributed by atoms with Crippen LogP contribution >= 0.6 is 0 Å². The number of piperidine rings is 1. The number of carboxylic acids is 1. The lowest BCUT2D eigenvalue weighted by molar-refractivity contribution is -0.166. The summed E-state index contributed by atoms with van der Waals surface area (Å²) in [5.41, 5.74) is 0.243. The van der Waals surface area contributed by atoms with Crippen LogP contribution in [-0.2, 0) is 16.0 Å². The summed E-state index contributed by atoms with van der Waals surface area (Å²) in [5, 5.41) is 27.9. The minimum absolute atomic E-state index is 0.0439. The lowest BCUT2D eigenvalue weighted by atomic mass is 9.74. The van der Waals surface area contributed by atoms with Gasteiger partial charge in [-0.1, -0.05) is 31.5 Å². The monoisotopic (exact) mass is 345 g/mol. The average Bonchev–Trinajstić information content (AvgIpc) is 3.00. The van der Waals surface area contributed by atoms with Crippen molar-refractivity contribution in [1.29, 1.82) is 0 Å². The number of aliphatic hydroxyl groups is 1. The number of carboxylic acid groups (broad SMARTS) is 1. The molecule has 7 nitrogen and oxygen atoms in total. The predicted octanol–water partition coefficient (Wildman–Crippen LogP) is 1.57. The lowest BCUT2D eigenvalue weighted by Gasteiger charge is -2.43. The van der Waals surface area contributed by atoms with E-state index in [0.717, 1.165) is 16.6 Å². The Labute approximate surface area is 145 Å². The molecule has 0 unspecified atom stereocenters. The van der Waals surface area contributed by atoms with Gasteiger partial charge in [0.05, 0.1) is 23.7 Å². The number of rotatable bonds is 5. The molecule has 2 heterocycles. The topological polar surface area (TPSA) is 107 Å². The number of carbonyl (C=O) groups is 2. The van der Waals surface area contributed by atoms with Crippen LogP contribution in [0.4, 0.5) is 0 Å². The van der Waals surface area contributed by atoms with Crippen LogP contribution in [0.3, 0.4) is 0 Å².